The Hall–Kier alpha value is -2.63. The lowest BCUT2D eigenvalue weighted by Gasteiger charge is -2.16. The summed E-state index contributed by atoms with van der Waals surface area (Å²) in [4.78, 5) is 24.7. The average molecular weight is 327 g/mol. The molecule has 1 heterocycles. The molecule has 3 rings (SSSR count). The van der Waals surface area contributed by atoms with Crippen molar-refractivity contribution in [1.82, 2.24) is 9.78 Å². The smallest absolute Gasteiger partial charge is 0.360 e. The number of hydrogen-bond donors (Lipinski definition) is 1. The molecule has 0 unspecified atom stereocenters. The lowest BCUT2D eigenvalue weighted by Crippen LogP contribution is -2.27. The Morgan fingerprint density at radius 2 is 2.00 bits per heavy atom. The Balaban J connectivity index is 2.02. The molecular formula is C18H21N3O3. The molecule has 1 saturated carbocycles. The van der Waals surface area contributed by atoms with Crippen LogP contribution in [0, 0.1) is 0 Å². The number of ether oxygens (including phenoxy) is 1. The number of carbonyl (C=O) groups excluding carboxylic acids is 1. The second kappa shape index (κ2) is 7.29. The van der Waals surface area contributed by atoms with E-state index in [4.69, 9.17) is 4.74 Å². The third-order valence-electron chi connectivity index (χ3n) is 4.12. The van der Waals surface area contributed by atoms with E-state index < -0.39 is 5.97 Å². The second-order valence-electron chi connectivity index (χ2n) is 5.84. The van der Waals surface area contributed by atoms with E-state index in [1.54, 1.807) is 19.1 Å². The molecule has 2 aromatic rings. The third-order valence-corrected chi connectivity index (χ3v) is 4.12. The number of carbonyl (C=O) groups is 1. The van der Waals surface area contributed by atoms with Crippen LogP contribution < -0.4 is 10.9 Å². The maximum absolute atomic E-state index is 12.5. The number of aromatic nitrogens is 2. The summed E-state index contributed by atoms with van der Waals surface area (Å²) in [6.07, 6.45) is 4.37. The van der Waals surface area contributed by atoms with E-state index in [1.807, 2.05) is 18.2 Å². The molecule has 1 fully saturated rings. The van der Waals surface area contributed by atoms with Gasteiger partial charge in [-0.05, 0) is 31.9 Å². The maximum Gasteiger partial charge on any atom is 0.360 e. The van der Waals surface area contributed by atoms with E-state index in [2.05, 4.69) is 10.4 Å². The topological polar surface area (TPSA) is 73.2 Å². The summed E-state index contributed by atoms with van der Waals surface area (Å²) in [5.74, 6) is -0.525. The standard InChI is InChI=1S/C18H21N3O3/c1-2-24-18(23)17-15(19-13-8-6-7-9-13)12-16(22)21(20-17)14-10-4-3-5-11-14/h3-5,10-13,19H,2,6-9H2,1H3. The SMILES string of the molecule is CCOC(=O)c1nn(-c2ccccc2)c(=O)cc1NC1CCCC1. The van der Waals surface area contributed by atoms with Gasteiger partial charge in [-0.1, -0.05) is 31.0 Å². The molecule has 1 aliphatic carbocycles. The normalized spacial score (nSPS) is 14.5. The number of anilines is 1. The fourth-order valence-corrected chi connectivity index (χ4v) is 2.96. The highest BCUT2D eigenvalue weighted by Crippen LogP contribution is 2.23. The van der Waals surface area contributed by atoms with Gasteiger partial charge in [0.15, 0.2) is 5.69 Å². The number of nitrogens with one attached hydrogen (secondary N) is 1. The van der Waals surface area contributed by atoms with E-state index in [1.165, 1.54) is 10.7 Å². The summed E-state index contributed by atoms with van der Waals surface area (Å²) in [7, 11) is 0. The Morgan fingerprint density at radius 3 is 2.67 bits per heavy atom. The summed E-state index contributed by atoms with van der Waals surface area (Å²) < 4.78 is 6.34. The van der Waals surface area contributed by atoms with Crippen molar-refractivity contribution in [2.45, 2.75) is 38.6 Å². The van der Waals surface area contributed by atoms with Gasteiger partial charge in [0.05, 0.1) is 18.0 Å². The summed E-state index contributed by atoms with van der Waals surface area (Å²) in [5.41, 5.74) is 0.931. The van der Waals surface area contributed by atoms with Gasteiger partial charge in [0.25, 0.3) is 5.56 Å². The van der Waals surface area contributed by atoms with Crippen molar-refractivity contribution in [3.63, 3.8) is 0 Å². The van der Waals surface area contributed by atoms with Crippen LogP contribution in [0.4, 0.5) is 5.69 Å². The Bertz CT molecular complexity index is 765. The molecule has 24 heavy (non-hydrogen) atoms. The van der Waals surface area contributed by atoms with Crippen LogP contribution >= 0.6 is 0 Å². The van der Waals surface area contributed by atoms with E-state index in [0.717, 1.165) is 25.7 Å². The van der Waals surface area contributed by atoms with Gasteiger partial charge in [-0.2, -0.15) is 9.78 Å². The van der Waals surface area contributed by atoms with Crippen LogP contribution in [-0.4, -0.2) is 28.4 Å². The summed E-state index contributed by atoms with van der Waals surface area (Å²) >= 11 is 0. The van der Waals surface area contributed by atoms with Gasteiger partial charge in [0, 0.05) is 12.1 Å². The summed E-state index contributed by atoms with van der Waals surface area (Å²) in [5, 5.41) is 7.56. The Kier molecular flexibility index (Phi) is 4.93. The van der Waals surface area contributed by atoms with Gasteiger partial charge in [0.2, 0.25) is 0 Å². The van der Waals surface area contributed by atoms with Crippen molar-refractivity contribution in [2.75, 3.05) is 11.9 Å². The first-order valence-electron chi connectivity index (χ1n) is 8.32. The number of para-hydroxylation sites is 1. The zero-order chi connectivity index (χ0) is 16.9. The zero-order valence-corrected chi connectivity index (χ0v) is 13.7. The Labute approximate surface area is 140 Å². The van der Waals surface area contributed by atoms with E-state index >= 15 is 0 Å². The minimum absolute atomic E-state index is 0.146. The predicted octanol–water partition coefficient (Wildman–Crippen LogP) is 2.76. The highest BCUT2D eigenvalue weighted by Gasteiger charge is 2.22. The minimum Gasteiger partial charge on any atom is -0.461 e. The number of hydrogen-bond acceptors (Lipinski definition) is 5. The van der Waals surface area contributed by atoms with Crippen molar-refractivity contribution in [2.24, 2.45) is 0 Å². The van der Waals surface area contributed by atoms with Crippen LogP contribution in [0.5, 0.6) is 0 Å². The third kappa shape index (κ3) is 3.48. The molecule has 1 aromatic heterocycles. The molecule has 0 bridgehead atoms. The largest absolute Gasteiger partial charge is 0.461 e. The minimum atomic E-state index is -0.525. The first-order valence-corrected chi connectivity index (χ1v) is 8.32. The lowest BCUT2D eigenvalue weighted by molar-refractivity contribution is 0.0518. The molecule has 1 N–H and O–H groups in total. The first-order chi connectivity index (χ1) is 11.7. The molecule has 0 amide bonds. The van der Waals surface area contributed by atoms with Crippen molar-refractivity contribution >= 4 is 11.7 Å². The molecule has 0 radical (unpaired) electrons. The molecule has 0 atom stereocenters. The fraction of sp³-hybridized carbons (Fsp3) is 0.389. The van der Waals surface area contributed by atoms with Crippen LogP contribution in [-0.2, 0) is 4.74 Å². The highest BCUT2D eigenvalue weighted by molar-refractivity contribution is 5.93. The quantitative estimate of drug-likeness (QED) is 0.855. The molecular weight excluding hydrogens is 306 g/mol. The molecule has 126 valence electrons. The average Bonchev–Trinajstić information content (AvgIpc) is 3.09. The Morgan fingerprint density at radius 1 is 1.29 bits per heavy atom. The molecule has 1 aromatic carbocycles. The fourth-order valence-electron chi connectivity index (χ4n) is 2.96. The first kappa shape index (κ1) is 16.2. The lowest BCUT2D eigenvalue weighted by atomic mass is 10.2. The van der Waals surface area contributed by atoms with Crippen molar-refractivity contribution < 1.29 is 9.53 Å². The van der Waals surface area contributed by atoms with Gasteiger partial charge >= 0.3 is 5.97 Å². The van der Waals surface area contributed by atoms with Crippen LogP contribution in [0.3, 0.4) is 0 Å². The van der Waals surface area contributed by atoms with Crippen molar-refractivity contribution in [1.29, 1.82) is 0 Å². The molecule has 0 spiro atoms. The molecule has 6 nitrogen and oxygen atoms in total. The van der Waals surface area contributed by atoms with Gasteiger partial charge < -0.3 is 10.1 Å². The second-order valence-corrected chi connectivity index (χ2v) is 5.84. The highest BCUT2D eigenvalue weighted by atomic mass is 16.5. The summed E-state index contributed by atoms with van der Waals surface area (Å²) in [6.45, 7) is 2.00. The van der Waals surface area contributed by atoms with Gasteiger partial charge in [0.1, 0.15) is 0 Å². The van der Waals surface area contributed by atoms with E-state index in [9.17, 15) is 9.59 Å². The molecule has 6 heteroatoms. The number of nitrogens with zero attached hydrogens (tertiary/aromatic N) is 2. The van der Waals surface area contributed by atoms with Crippen LogP contribution in [0.2, 0.25) is 0 Å². The van der Waals surface area contributed by atoms with E-state index in [-0.39, 0.29) is 23.9 Å². The molecule has 1 aliphatic rings. The number of rotatable bonds is 5. The summed E-state index contributed by atoms with van der Waals surface area (Å²) in [6, 6.07) is 10.7. The van der Waals surface area contributed by atoms with Crippen molar-refractivity contribution in [3.8, 4) is 5.69 Å². The van der Waals surface area contributed by atoms with Gasteiger partial charge in [-0.25, -0.2) is 4.79 Å². The van der Waals surface area contributed by atoms with E-state index in [0.29, 0.717) is 11.4 Å². The molecule has 0 aliphatic heterocycles. The monoisotopic (exact) mass is 327 g/mol. The predicted molar refractivity (Wildman–Crippen MR) is 91.7 cm³/mol. The zero-order valence-electron chi connectivity index (χ0n) is 13.7. The van der Waals surface area contributed by atoms with Gasteiger partial charge in [-0.15, -0.1) is 0 Å². The van der Waals surface area contributed by atoms with Gasteiger partial charge in [-0.3, -0.25) is 4.79 Å². The van der Waals surface area contributed by atoms with Crippen LogP contribution in [0.25, 0.3) is 5.69 Å². The molecule has 0 saturated heterocycles. The van der Waals surface area contributed by atoms with Crippen molar-refractivity contribution in [3.05, 3.63) is 52.4 Å². The van der Waals surface area contributed by atoms with Crippen LogP contribution in [0.1, 0.15) is 43.1 Å². The number of esters is 1. The maximum atomic E-state index is 12.5. The number of benzene rings is 1. The van der Waals surface area contributed by atoms with Crippen LogP contribution in [0.15, 0.2) is 41.2 Å².